The van der Waals surface area contributed by atoms with Gasteiger partial charge in [-0.15, -0.1) is 0 Å². The molecule has 0 aromatic rings. The van der Waals surface area contributed by atoms with Gasteiger partial charge in [-0.2, -0.15) is 0 Å². The minimum absolute atomic E-state index is 0.0649. The van der Waals surface area contributed by atoms with Crippen molar-refractivity contribution in [3.63, 3.8) is 0 Å². The standard InChI is InChI=1S/C41H78O6/c1-4-7-10-13-15-17-19-20-22-24-26-29-31-34-40(43)46-37-38(47-41(44)35-32-27-12-9-6-3)36-45-39(42)33-30-28-25-23-21-18-16-14-11-8-5-2/h38H,4-37H2,1-3H3. The molecule has 0 saturated heterocycles. The number of rotatable bonds is 37. The molecular formula is C41H78O6. The van der Waals surface area contributed by atoms with Crippen LogP contribution >= 0.6 is 0 Å². The van der Waals surface area contributed by atoms with E-state index >= 15 is 0 Å². The molecule has 0 aliphatic carbocycles. The first-order valence-electron chi connectivity index (χ1n) is 20.5. The molecule has 6 nitrogen and oxygen atoms in total. The Hall–Kier alpha value is -1.59. The minimum atomic E-state index is -0.755. The van der Waals surface area contributed by atoms with Gasteiger partial charge in [-0.1, -0.05) is 188 Å². The second kappa shape index (κ2) is 37.2. The molecule has 0 saturated carbocycles. The van der Waals surface area contributed by atoms with Crippen LogP contribution in [-0.4, -0.2) is 37.2 Å². The quantitative estimate of drug-likeness (QED) is 0.0373. The van der Waals surface area contributed by atoms with Gasteiger partial charge in [0.05, 0.1) is 0 Å². The number of esters is 3. The number of hydrogen-bond acceptors (Lipinski definition) is 6. The Morgan fingerprint density at radius 1 is 0.340 bits per heavy atom. The van der Waals surface area contributed by atoms with Gasteiger partial charge >= 0.3 is 17.9 Å². The fraction of sp³-hybridized carbons (Fsp3) is 0.927. The molecule has 278 valence electrons. The van der Waals surface area contributed by atoms with Gasteiger partial charge in [-0.05, 0) is 19.3 Å². The summed E-state index contributed by atoms with van der Waals surface area (Å²) in [5, 5.41) is 0. The molecular weight excluding hydrogens is 588 g/mol. The normalized spacial score (nSPS) is 11.8. The van der Waals surface area contributed by atoms with E-state index in [0.717, 1.165) is 64.2 Å². The minimum Gasteiger partial charge on any atom is -0.462 e. The van der Waals surface area contributed by atoms with E-state index in [1.165, 1.54) is 122 Å². The number of ether oxygens (including phenoxy) is 3. The van der Waals surface area contributed by atoms with Crippen molar-refractivity contribution in [3.8, 4) is 0 Å². The Balaban J connectivity index is 4.18. The van der Waals surface area contributed by atoms with Gasteiger partial charge in [0, 0.05) is 19.3 Å². The maximum Gasteiger partial charge on any atom is 0.306 e. The lowest BCUT2D eigenvalue weighted by Gasteiger charge is -2.18. The highest BCUT2D eigenvalue weighted by atomic mass is 16.6. The SMILES string of the molecule is CCCCCCCCCCCCCCCC(=O)OCC(COC(=O)CCCCCCCCCCCCC)OC(=O)CCCCCCC. The molecule has 0 heterocycles. The second-order valence-corrected chi connectivity index (χ2v) is 13.9. The maximum atomic E-state index is 12.5. The van der Waals surface area contributed by atoms with E-state index in [2.05, 4.69) is 20.8 Å². The van der Waals surface area contributed by atoms with Crippen molar-refractivity contribution in [3.05, 3.63) is 0 Å². The molecule has 0 spiro atoms. The van der Waals surface area contributed by atoms with Crippen molar-refractivity contribution in [2.75, 3.05) is 13.2 Å². The van der Waals surface area contributed by atoms with Crippen molar-refractivity contribution in [1.82, 2.24) is 0 Å². The molecule has 47 heavy (non-hydrogen) atoms. The zero-order valence-electron chi connectivity index (χ0n) is 31.6. The number of carbonyl (C=O) groups is 3. The van der Waals surface area contributed by atoms with Crippen LogP contribution < -0.4 is 0 Å². The summed E-state index contributed by atoms with van der Waals surface area (Å²) in [4.78, 5) is 37.3. The monoisotopic (exact) mass is 667 g/mol. The van der Waals surface area contributed by atoms with Crippen molar-refractivity contribution >= 4 is 17.9 Å². The lowest BCUT2D eigenvalue weighted by Crippen LogP contribution is -2.30. The summed E-state index contributed by atoms with van der Waals surface area (Å²) in [6.45, 7) is 6.54. The van der Waals surface area contributed by atoms with Crippen LogP contribution in [0.25, 0.3) is 0 Å². The van der Waals surface area contributed by atoms with Crippen molar-refractivity contribution in [2.45, 2.75) is 232 Å². The van der Waals surface area contributed by atoms with Gasteiger partial charge in [0.1, 0.15) is 13.2 Å². The third-order valence-corrected chi connectivity index (χ3v) is 9.11. The van der Waals surface area contributed by atoms with Crippen molar-refractivity contribution in [1.29, 1.82) is 0 Å². The van der Waals surface area contributed by atoms with E-state index in [1.54, 1.807) is 0 Å². The Kier molecular flexibility index (Phi) is 36.0. The Morgan fingerprint density at radius 2 is 0.574 bits per heavy atom. The summed E-state index contributed by atoms with van der Waals surface area (Å²) in [6, 6.07) is 0. The molecule has 1 atom stereocenters. The van der Waals surface area contributed by atoms with Crippen LogP contribution in [0.2, 0.25) is 0 Å². The summed E-state index contributed by atoms with van der Waals surface area (Å²) < 4.78 is 16.5. The topological polar surface area (TPSA) is 78.9 Å². The van der Waals surface area contributed by atoms with Crippen LogP contribution in [0.5, 0.6) is 0 Å². The largest absolute Gasteiger partial charge is 0.462 e. The number of carbonyl (C=O) groups excluding carboxylic acids is 3. The molecule has 6 heteroatoms. The van der Waals surface area contributed by atoms with Gasteiger partial charge in [0.15, 0.2) is 6.10 Å². The molecule has 0 bridgehead atoms. The maximum absolute atomic E-state index is 12.5. The molecule has 0 aromatic heterocycles. The predicted octanol–water partition coefficient (Wildman–Crippen LogP) is 12.5. The van der Waals surface area contributed by atoms with Crippen LogP contribution in [0.3, 0.4) is 0 Å². The van der Waals surface area contributed by atoms with Crippen LogP contribution in [0.15, 0.2) is 0 Å². The van der Waals surface area contributed by atoms with Gasteiger partial charge in [0.25, 0.3) is 0 Å². The Bertz CT molecular complexity index is 693. The van der Waals surface area contributed by atoms with Gasteiger partial charge in [-0.25, -0.2) is 0 Å². The van der Waals surface area contributed by atoms with Crippen LogP contribution in [0.1, 0.15) is 226 Å². The Labute approximate surface area is 291 Å². The van der Waals surface area contributed by atoms with Gasteiger partial charge in [-0.3, -0.25) is 14.4 Å². The average Bonchev–Trinajstić information content (AvgIpc) is 3.06. The third kappa shape index (κ3) is 35.5. The molecule has 0 N–H and O–H groups in total. The highest BCUT2D eigenvalue weighted by Gasteiger charge is 2.19. The smallest absolute Gasteiger partial charge is 0.306 e. The summed E-state index contributed by atoms with van der Waals surface area (Å²) in [5.74, 6) is -0.874. The second-order valence-electron chi connectivity index (χ2n) is 13.9. The highest BCUT2D eigenvalue weighted by Crippen LogP contribution is 2.15. The molecule has 0 aliphatic rings. The molecule has 0 amide bonds. The lowest BCUT2D eigenvalue weighted by atomic mass is 10.0. The zero-order chi connectivity index (χ0) is 34.5. The van der Waals surface area contributed by atoms with Crippen LogP contribution in [-0.2, 0) is 28.6 Å². The fourth-order valence-corrected chi connectivity index (χ4v) is 5.97. The van der Waals surface area contributed by atoms with E-state index in [1.807, 2.05) is 0 Å². The molecule has 0 fully saturated rings. The highest BCUT2D eigenvalue weighted by molar-refractivity contribution is 5.71. The molecule has 0 radical (unpaired) electrons. The number of unbranched alkanes of at least 4 members (excludes halogenated alkanes) is 26. The Morgan fingerprint density at radius 3 is 0.851 bits per heavy atom. The van der Waals surface area contributed by atoms with Crippen LogP contribution in [0.4, 0.5) is 0 Å². The van der Waals surface area contributed by atoms with Crippen LogP contribution in [0, 0.1) is 0 Å². The summed E-state index contributed by atoms with van der Waals surface area (Å²) >= 11 is 0. The first kappa shape index (κ1) is 45.4. The first-order chi connectivity index (χ1) is 23.0. The zero-order valence-corrected chi connectivity index (χ0v) is 31.6. The van der Waals surface area contributed by atoms with Gasteiger partial charge in [0.2, 0.25) is 0 Å². The van der Waals surface area contributed by atoms with E-state index in [9.17, 15) is 14.4 Å². The van der Waals surface area contributed by atoms with Crippen molar-refractivity contribution < 1.29 is 28.6 Å². The summed E-state index contributed by atoms with van der Waals surface area (Å²) in [5.41, 5.74) is 0. The molecule has 0 rings (SSSR count). The predicted molar refractivity (Wildman–Crippen MR) is 197 cm³/mol. The van der Waals surface area contributed by atoms with E-state index < -0.39 is 6.10 Å². The molecule has 1 unspecified atom stereocenters. The van der Waals surface area contributed by atoms with Gasteiger partial charge < -0.3 is 14.2 Å². The summed E-state index contributed by atoms with van der Waals surface area (Å²) in [6.07, 6.45) is 35.4. The average molecular weight is 667 g/mol. The third-order valence-electron chi connectivity index (χ3n) is 9.11. The fourth-order valence-electron chi connectivity index (χ4n) is 5.97. The molecule has 0 aromatic carbocycles. The van der Waals surface area contributed by atoms with Crippen molar-refractivity contribution in [2.24, 2.45) is 0 Å². The molecule has 0 aliphatic heterocycles. The van der Waals surface area contributed by atoms with E-state index in [0.29, 0.717) is 19.3 Å². The summed E-state index contributed by atoms with van der Waals surface area (Å²) in [7, 11) is 0. The first-order valence-corrected chi connectivity index (χ1v) is 20.5. The van der Waals surface area contributed by atoms with E-state index in [4.69, 9.17) is 14.2 Å². The van der Waals surface area contributed by atoms with E-state index in [-0.39, 0.29) is 31.1 Å². The number of hydrogen-bond donors (Lipinski definition) is 0. The lowest BCUT2D eigenvalue weighted by molar-refractivity contribution is -0.167.